The summed E-state index contributed by atoms with van der Waals surface area (Å²) < 4.78 is 0. The Kier molecular flexibility index (Phi) is 5.59. The van der Waals surface area contributed by atoms with E-state index in [-0.39, 0.29) is 6.03 Å². The molecule has 0 saturated heterocycles. The highest BCUT2D eigenvalue weighted by Gasteiger charge is 2.10. The fourth-order valence-electron chi connectivity index (χ4n) is 0.695. The molecule has 4 heteroatoms. The monoisotopic (exact) mass is 183 g/mol. The number of amides is 2. The second-order valence-corrected chi connectivity index (χ2v) is 2.50. The Morgan fingerprint density at radius 3 is 2.62 bits per heavy atom. The third kappa shape index (κ3) is 3.73. The van der Waals surface area contributed by atoms with Crippen molar-refractivity contribution in [3.05, 3.63) is 11.8 Å². The summed E-state index contributed by atoms with van der Waals surface area (Å²) in [5.74, 6) is 0. The van der Waals surface area contributed by atoms with Gasteiger partial charge in [-0.25, -0.2) is 4.79 Å². The summed E-state index contributed by atoms with van der Waals surface area (Å²) in [7, 11) is 1.58. The molecule has 4 nitrogen and oxygen atoms in total. The fourth-order valence-corrected chi connectivity index (χ4v) is 0.695. The quantitative estimate of drug-likeness (QED) is 0.527. The van der Waals surface area contributed by atoms with Crippen molar-refractivity contribution in [1.29, 1.82) is 0 Å². The van der Waals surface area contributed by atoms with Crippen molar-refractivity contribution in [1.82, 2.24) is 10.3 Å². The van der Waals surface area contributed by atoms with Gasteiger partial charge in [0.05, 0.1) is 0 Å². The van der Waals surface area contributed by atoms with Crippen LogP contribution in [0.4, 0.5) is 4.79 Å². The fraction of sp³-hybridized carbons (Fsp3) is 0.556. The van der Waals surface area contributed by atoms with Crippen LogP contribution in [0, 0.1) is 0 Å². The van der Waals surface area contributed by atoms with Gasteiger partial charge in [0.2, 0.25) is 0 Å². The van der Waals surface area contributed by atoms with Crippen molar-refractivity contribution in [2.45, 2.75) is 27.2 Å². The molecule has 0 aliphatic carbocycles. The first-order chi connectivity index (χ1) is 6.17. The van der Waals surface area contributed by atoms with E-state index >= 15 is 0 Å². The Labute approximate surface area is 79.3 Å². The lowest BCUT2D eigenvalue weighted by molar-refractivity contribution is 0.215. The van der Waals surface area contributed by atoms with Crippen molar-refractivity contribution >= 4 is 12.2 Å². The van der Waals surface area contributed by atoms with E-state index in [9.17, 15) is 4.79 Å². The van der Waals surface area contributed by atoms with Gasteiger partial charge < -0.3 is 5.32 Å². The summed E-state index contributed by atoms with van der Waals surface area (Å²) in [5.41, 5.74) is 0.809. The first-order valence-electron chi connectivity index (χ1n) is 4.34. The molecule has 0 aliphatic heterocycles. The zero-order valence-electron chi connectivity index (χ0n) is 8.66. The number of nitrogens with zero attached hydrogens (tertiary/aromatic N) is 2. The Balaban J connectivity index is 4.55. The average Bonchev–Trinajstić information content (AvgIpc) is 2.17. The Hall–Kier alpha value is -1.32. The van der Waals surface area contributed by atoms with Crippen molar-refractivity contribution in [2.75, 3.05) is 7.05 Å². The molecule has 0 aromatic carbocycles. The van der Waals surface area contributed by atoms with E-state index in [0.717, 1.165) is 12.1 Å². The summed E-state index contributed by atoms with van der Waals surface area (Å²) in [5, 5.41) is 7.87. The molecule has 74 valence electrons. The van der Waals surface area contributed by atoms with Crippen LogP contribution >= 0.6 is 0 Å². The predicted molar refractivity (Wildman–Crippen MR) is 54.5 cm³/mol. The van der Waals surface area contributed by atoms with E-state index in [1.165, 1.54) is 5.01 Å². The van der Waals surface area contributed by atoms with Gasteiger partial charge in [-0.05, 0) is 20.3 Å². The first kappa shape index (κ1) is 11.7. The lowest BCUT2D eigenvalue weighted by Crippen LogP contribution is -2.32. The van der Waals surface area contributed by atoms with E-state index in [2.05, 4.69) is 10.4 Å². The number of nitrogens with one attached hydrogen (secondary N) is 1. The molecular formula is C9H17N3O. The van der Waals surface area contributed by atoms with Crippen LogP contribution in [0.2, 0.25) is 0 Å². The molecule has 0 rings (SSSR count). The van der Waals surface area contributed by atoms with Gasteiger partial charge in [-0.2, -0.15) is 10.1 Å². The number of hydrogen-bond donors (Lipinski definition) is 1. The summed E-state index contributed by atoms with van der Waals surface area (Å²) in [4.78, 5) is 11.3. The lowest BCUT2D eigenvalue weighted by Gasteiger charge is -2.16. The number of carbonyl (C=O) groups is 1. The third-order valence-corrected chi connectivity index (χ3v) is 1.54. The zero-order valence-corrected chi connectivity index (χ0v) is 8.66. The lowest BCUT2D eigenvalue weighted by atomic mass is 10.4. The highest BCUT2D eigenvalue weighted by atomic mass is 16.2. The Bertz CT molecular complexity index is 221. The summed E-state index contributed by atoms with van der Waals surface area (Å²) in [6, 6.07) is -0.222. The topological polar surface area (TPSA) is 44.7 Å². The van der Waals surface area contributed by atoms with Gasteiger partial charge in [-0.3, -0.25) is 0 Å². The highest BCUT2D eigenvalue weighted by Crippen LogP contribution is 2.03. The van der Waals surface area contributed by atoms with Crippen LogP contribution in [0.5, 0.6) is 0 Å². The van der Waals surface area contributed by atoms with E-state index in [0.29, 0.717) is 0 Å². The van der Waals surface area contributed by atoms with E-state index in [4.69, 9.17) is 0 Å². The van der Waals surface area contributed by atoms with Gasteiger partial charge in [0.25, 0.3) is 0 Å². The van der Waals surface area contributed by atoms with Crippen LogP contribution in [-0.2, 0) is 0 Å². The molecule has 0 fully saturated rings. The van der Waals surface area contributed by atoms with Crippen molar-refractivity contribution in [3.8, 4) is 0 Å². The summed E-state index contributed by atoms with van der Waals surface area (Å²) >= 11 is 0. The van der Waals surface area contributed by atoms with Gasteiger partial charge in [0.15, 0.2) is 0 Å². The molecule has 0 spiro atoms. The summed E-state index contributed by atoms with van der Waals surface area (Å²) in [6.45, 7) is 5.67. The largest absolute Gasteiger partial charge is 0.342 e. The average molecular weight is 183 g/mol. The molecule has 0 aromatic rings. The van der Waals surface area contributed by atoms with E-state index in [1.807, 2.05) is 26.8 Å². The van der Waals surface area contributed by atoms with Crippen molar-refractivity contribution in [2.24, 2.45) is 5.10 Å². The molecule has 0 radical (unpaired) electrons. The number of allylic oxidation sites excluding steroid dienone is 2. The van der Waals surface area contributed by atoms with Gasteiger partial charge in [-0.15, -0.1) is 0 Å². The number of hydrogen-bond acceptors (Lipinski definition) is 2. The maximum Gasteiger partial charge on any atom is 0.342 e. The molecule has 1 N–H and O–H groups in total. The Morgan fingerprint density at radius 1 is 1.62 bits per heavy atom. The van der Waals surface area contributed by atoms with Gasteiger partial charge >= 0.3 is 6.03 Å². The highest BCUT2D eigenvalue weighted by molar-refractivity contribution is 5.76. The van der Waals surface area contributed by atoms with Gasteiger partial charge in [0.1, 0.15) is 0 Å². The Morgan fingerprint density at radius 2 is 2.23 bits per heavy atom. The maximum absolute atomic E-state index is 11.3. The molecule has 0 saturated carbocycles. The zero-order chi connectivity index (χ0) is 10.3. The van der Waals surface area contributed by atoms with Gasteiger partial charge in [-0.1, -0.05) is 13.0 Å². The standard InChI is InChI=1S/C9H17N3O/c1-5-7-11-12(8(3)6-2)9(13)10-4/h6-7H,5H2,1-4H3,(H,10,13)/b8-6+,11-7-. The molecule has 0 bridgehead atoms. The van der Waals surface area contributed by atoms with E-state index in [1.54, 1.807) is 13.3 Å². The van der Waals surface area contributed by atoms with Gasteiger partial charge in [0, 0.05) is 19.0 Å². The second kappa shape index (κ2) is 6.22. The van der Waals surface area contributed by atoms with Crippen LogP contribution < -0.4 is 5.32 Å². The van der Waals surface area contributed by atoms with Crippen molar-refractivity contribution < 1.29 is 4.79 Å². The SMILES string of the molecule is C/C=C(\C)N(/N=C\CC)C(=O)NC. The molecular weight excluding hydrogens is 166 g/mol. The smallest absolute Gasteiger partial charge is 0.339 e. The molecule has 0 heterocycles. The molecule has 13 heavy (non-hydrogen) atoms. The minimum absolute atomic E-state index is 0.222. The number of hydrazone groups is 1. The number of rotatable bonds is 3. The molecule has 0 aliphatic rings. The molecule has 2 amide bonds. The van der Waals surface area contributed by atoms with E-state index < -0.39 is 0 Å². The minimum atomic E-state index is -0.222. The minimum Gasteiger partial charge on any atom is -0.339 e. The van der Waals surface area contributed by atoms with Crippen LogP contribution in [0.3, 0.4) is 0 Å². The molecule has 0 unspecified atom stereocenters. The predicted octanol–water partition coefficient (Wildman–Crippen LogP) is 1.95. The summed E-state index contributed by atoms with van der Waals surface area (Å²) in [6.07, 6.45) is 4.34. The number of carbonyl (C=O) groups excluding carboxylic acids is 1. The molecule has 0 aromatic heterocycles. The van der Waals surface area contributed by atoms with Crippen LogP contribution in [0.15, 0.2) is 16.9 Å². The van der Waals surface area contributed by atoms with Crippen molar-refractivity contribution in [3.63, 3.8) is 0 Å². The second-order valence-electron chi connectivity index (χ2n) is 2.50. The molecule has 0 atom stereocenters. The third-order valence-electron chi connectivity index (χ3n) is 1.54. The van der Waals surface area contributed by atoms with Crippen LogP contribution in [0.1, 0.15) is 27.2 Å². The normalized spacial score (nSPS) is 11.8. The van der Waals surface area contributed by atoms with Crippen LogP contribution in [-0.4, -0.2) is 24.3 Å². The first-order valence-corrected chi connectivity index (χ1v) is 4.34. The maximum atomic E-state index is 11.3. The number of urea groups is 1. The van der Waals surface area contributed by atoms with Crippen LogP contribution in [0.25, 0.3) is 0 Å².